The molecule has 0 bridgehead atoms. The molecule has 0 spiro atoms. The standard InChI is InChI=1S/C8H15NO4S/c1-8(9-4-2-7(10)11)3-5-14(12,13)6-8/h9H,2-6H2,1H3,(H,10,11). The number of carboxylic acids is 1. The highest BCUT2D eigenvalue weighted by atomic mass is 32.2. The Morgan fingerprint density at radius 3 is 2.64 bits per heavy atom. The van der Waals surface area contributed by atoms with Crippen LogP contribution < -0.4 is 5.32 Å². The lowest BCUT2D eigenvalue weighted by atomic mass is 10.0. The van der Waals surface area contributed by atoms with Gasteiger partial charge in [-0.3, -0.25) is 4.79 Å². The van der Waals surface area contributed by atoms with E-state index in [9.17, 15) is 13.2 Å². The van der Waals surface area contributed by atoms with Gasteiger partial charge < -0.3 is 10.4 Å². The number of nitrogens with one attached hydrogen (secondary N) is 1. The van der Waals surface area contributed by atoms with E-state index in [1.165, 1.54) is 0 Å². The highest BCUT2D eigenvalue weighted by molar-refractivity contribution is 7.91. The Morgan fingerprint density at radius 2 is 2.21 bits per heavy atom. The maximum absolute atomic E-state index is 11.2. The average molecular weight is 221 g/mol. The van der Waals surface area contributed by atoms with E-state index in [0.717, 1.165) is 0 Å². The number of hydrogen-bond donors (Lipinski definition) is 2. The van der Waals surface area contributed by atoms with Crippen molar-refractivity contribution in [3.63, 3.8) is 0 Å². The predicted octanol–water partition coefficient (Wildman–Crippen LogP) is -0.372. The summed E-state index contributed by atoms with van der Waals surface area (Å²) < 4.78 is 22.4. The summed E-state index contributed by atoms with van der Waals surface area (Å²) in [5.74, 6) is -0.564. The molecule has 0 amide bonds. The van der Waals surface area contributed by atoms with E-state index in [1.54, 1.807) is 0 Å². The summed E-state index contributed by atoms with van der Waals surface area (Å²) in [5.41, 5.74) is -0.436. The lowest BCUT2D eigenvalue weighted by molar-refractivity contribution is -0.136. The zero-order valence-corrected chi connectivity index (χ0v) is 8.93. The van der Waals surface area contributed by atoms with Crippen LogP contribution in [0.25, 0.3) is 0 Å². The minimum absolute atomic E-state index is 0.0235. The van der Waals surface area contributed by atoms with Gasteiger partial charge in [0.1, 0.15) is 0 Å². The fourth-order valence-corrected chi connectivity index (χ4v) is 3.74. The molecule has 0 radical (unpaired) electrons. The molecular weight excluding hydrogens is 206 g/mol. The minimum atomic E-state index is -2.91. The molecule has 0 aromatic carbocycles. The van der Waals surface area contributed by atoms with Gasteiger partial charge in [0.2, 0.25) is 0 Å². The Balaban J connectivity index is 2.41. The molecular formula is C8H15NO4S. The fourth-order valence-electron chi connectivity index (χ4n) is 1.62. The third-order valence-corrected chi connectivity index (χ3v) is 4.30. The van der Waals surface area contributed by atoms with Gasteiger partial charge in [0.15, 0.2) is 9.84 Å². The van der Waals surface area contributed by atoms with Crippen molar-refractivity contribution in [2.75, 3.05) is 18.1 Å². The van der Waals surface area contributed by atoms with Crippen molar-refractivity contribution >= 4 is 15.8 Å². The average Bonchev–Trinajstić information content (AvgIpc) is 2.25. The van der Waals surface area contributed by atoms with Crippen LogP contribution in [-0.4, -0.2) is 43.1 Å². The molecule has 1 saturated heterocycles. The summed E-state index contributed by atoms with van der Waals surface area (Å²) in [6.07, 6.45) is 0.588. The highest BCUT2D eigenvalue weighted by Crippen LogP contribution is 2.22. The van der Waals surface area contributed by atoms with Gasteiger partial charge in [-0.2, -0.15) is 0 Å². The van der Waals surface area contributed by atoms with Gasteiger partial charge in [-0.1, -0.05) is 0 Å². The van der Waals surface area contributed by atoms with Crippen molar-refractivity contribution in [1.82, 2.24) is 5.32 Å². The minimum Gasteiger partial charge on any atom is -0.481 e. The second-order valence-corrected chi connectivity index (χ2v) is 6.16. The Kier molecular flexibility index (Phi) is 3.16. The van der Waals surface area contributed by atoms with E-state index in [-0.39, 0.29) is 17.9 Å². The number of aliphatic carboxylic acids is 1. The first-order valence-electron chi connectivity index (χ1n) is 4.50. The van der Waals surface area contributed by atoms with Crippen LogP contribution in [0.3, 0.4) is 0 Å². The maximum Gasteiger partial charge on any atom is 0.304 e. The van der Waals surface area contributed by atoms with Gasteiger partial charge in [-0.25, -0.2) is 8.42 Å². The van der Waals surface area contributed by atoms with E-state index in [2.05, 4.69) is 5.32 Å². The molecule has 1 aliphatic heterocycles. The van der Waals surface area contributed by atoms with Crippen LogP contribution in [0.2, 0.25) is 0 Å². The summed E-state index contributed by atoms with van der Waals surface area (Å²) >= 11 is 0. The van der Waals surface area contributed by atoms with Crippen LogP contribution in [-0.2, 0) is 14.6 Å². The molecule has 0 aliphatic carbocycles. The first-order chi connectivity index (χ1) is 6.33. The topological polar surface area (TPSA) is 83.5 Å². The first-order valence-corrected chi connectivity index (χ1v) is 6.32. The van der Waals surface area contributed by atoms with Gasteiger partial charge in [0.05, 0.1) is 17.9 Å². The van der Waals surface area contributed by atoms with Crippen molar-refractivity contribution in [2.24, 2.45) is 0 Å². The normalized spacial score (nSPS) is 30.4. The predicted molar refractivity (Wildman–Crippen MR) is 51.9 cm³/mol. The number of rotatable bonds is 4. The van der Waals surface area contributed by atoms with Crippen molar-refractivity contribution in [1.29, 1.82) is 0 Å². The molecule has 0 saturated carbocycles. The molecule has 2 N–H and O–H groups in total. The van der Waals surface area contributed by atoms with Gasteiger partial charge in [-0.15, -0.1) is 0 Å². The Bertz CT molecular complexity index is 324. The quantitative estimate of drug-likeness (QED) is 0.676. The monoisotopic (exact) mass is 221 g/mol. The Morgan fingerprint density at radius 1 is 1.57 bits per heavy atom. The second kappa shape index (κ2) is 3.86. The summed E-state index contributed by atoms with van der Waals surface area (Å²) in [4.78, 5) is 10.2. The molecule has 1 fully saturated rings. The molecule has 0 aromatic heterocycles. The molecule has 1 atom stereocenters. The molecule has 82 valence electrons. The molecule has 1 unspecified atom stereocenters. The molecule has 14 heavy (non-hydrogen) atoms. The molecule has 6 heteroatoms. The fraction of sp³-hybridized carbons (Fsp3) is 0.875. The van der Waals surface area contributed by atoms with Crippen LogP contribution in [0.1, 0.15) is 19.8 Å². The number of sulfone groups is 1. The number of carbonyl (C=O) groups is 1. The van der Waals surface area contributed by atoms with Crippen molar-refractivity contribution < 1.29 is 18.3 Å². The van der Waals surface area contributed by atoms with Crippen molar-refractivity contribution in [3.8, 4) is 0 Å². The van der Waals surface area contributed by atoms with Crippen LogP contribution in [0.5, 0.6) is 0 Å². The zero-order valence-electron chi connectivity index (χ0n) is 8.12. The third kappa shape index (κ3) is 3.26. The first kappa shape index (κ1) is 11.5. The third-order valence-electron chi connectivity index (χ3n) is 2.39. The highest BCUT2D eigenvalue weighted by Gasteiger charge is 2.37. The Hall–Kier alpha value is -0.620. The van der Waals surface area contributed by atoms with Crippen LogP contribution in [0.4, 0.5) is 0 Å². The van der Waals surface area contributed by atoms with E-state index in [4.69, 9.17) is 5.11 Å². The van der Waals surface area contributed by atoms with Gasteiger partial charge >= 0.3 is 5.97 Å². The molecule has 5 nitrogen and oxygen atoms in total. The zero-order chi connectivity index (χ0) is 10.8. The van der Waals surface area contributed by atoms with Crippen LogP contribution in [0, 0.1) is 0 Å². The van der Waals surface area contributed by atoms with Crippen molar-refractivity contribution in [3.05, 3.63) is 0 Å². The van der Waals surface area contributed by atoms with E-state index >= 15 is 0 Å². The van der Waals surface area contributed by atoms with Crippen molar-refractivity contribution in [2.45, 2.75) is 25.3 Å². The second-order valence-electron chi connectivity index (χ2n) is 3.97. The summed E-state index contributed by atoms with van der Waals surface area (Å²) in [7, 11) is -2.91. The molecule has 1 aliphatic rings. The van der Waals surface area contributed by atoms with Crippen LogP contribution >= 0.6 is 0 Å². The molecule has 1 rings (SSSR count). The SMILES string of the molecule is CC1(NCCC(=O)O)CCS(=O)(=O)C1. The summed E-state index contributed by atoms with van der Waals surface area (Å²) in [6, 6.07) is 0. The van der Waals surface area contributed by atoms with E-state index < -0.39 is 21.3 Å². The molecule has 1 heterocycles. The Labute approximate surface area is 83.4 Å². The number of carboxylic acid groups (broad SMARTS) is 1. The van der Waals surface area contributed by atoms with E-state index in [1.807, 2.05) is 6.92 Å². The number of hydrogen-bond acceptors (Lipinski definition) is 4. The summed E-state index contributed by atoms with van der Waals surface area (Å²) in [5, 5.41) is 11.4. The smallest absolute Gasteiger partial charge is 0.304 e. The summed E-state index contributed by atoms with van der Waals surface area (Å²) in [6.45, 7) is 2.14. The van der Waals surface area contributed by atoms with Gasteiger partial charge in [0, 0.05) is 12.1 Å². The largest absolute Gasteiger partial charge is 0.481 e. The van der Waals surface area contributed by atoms with Gasteiger partial charge in [0.25, 0.3) is 0 Å². The maximum atomic E-state index is 11.2. The van der Waals surface area contributed by atoms with Crippen LogP contribution in [0.15, 0.2) is 0 Å². The lowest BCUT2D eigenvalue weighted by Gasteiger charge is -2.23. The lowest BCUT2D eigenvalue weighted by Crippen LogP contribution is -2.44. The molecule has 0 aromatic rings. The van der Waals surface area contributed by atoms with Gasteiger partial charge in [-0.05, 0) is 13.3 Å². The van der Waals surface area contributed by atoms with E-state index in [0.29, 0.717) is 13.0 Å².